The average Bonchev–Trinajstić information content (AvgIpc) is 2.49. The molecule has 0 saturated carbocycles. The van der Waals surface area contributed by atoms with E-state index in [4.69, 9.17) is 0 Å². The molecule has 5 nitrogen and oxygen atoms in total. The molecule has 0 fully saturated rings. The van der Waals surface area contributed by atoms with Gasteiger partial charge in [0.15, 0.2) is 0 Å². The van der Waals surface area contributed by atoms with Gasteiger partial charge in [-0.15, -0.1) is 0 Å². The van der Waals surface area contributed by atoms with Gasteiger partial charge in [0.2, 0.25) is 0 Å². The molecular weight excluding hydrogens is 302 g/mol. The fraction of sp³-hybridized carbons (Fsp3) is 0.211. The molecule has 122 valence electrons. The summed E-state index contributed by atoms with van der Waals surface area (Å²) in [7, 11) is 0. The summed E-state index contributed by atoms with van der Waals surface area (Å²) in [4.78, 5) is 29.6. The van der Waals surface area contributed by atoms with Gasteiger partial charge in [0, 0.05) is 11.8 Å². The summed E-state index contributed by atoms with van der Waals surface area (Å²) in [5.41, 5.74) is 4.55. The minimum Gasteiger partial charge on any atom is -0.316 e. The predicted octanol–water partition coefficient (Wildman–Crippen LogP) is 3.18. The van der Waals surface area contributed by atoms with E-state index < -0.39 is 0 Å². The van der Waals surface area contributed by atoms with Gasteiger partial charge >= 0.3 is 0 Å². The molecule has 2 heterocycles. The third-order valence-electron chi connectivity index (χ3n) is 3.89. The van der Waals surface area contributed by atoms with Crippen molar-refractivity contribution in [3.05, 3.63) is 74.8 Å². The lowest BCUT2D eigenvalue weighted by molar-refractivity contribution is 0.102. The average molecular weight is 321 g/mol. The van der Waals surface area contributed by atoms with Crippen LogP contribution in [0, 0.1) is 27.7 Å². The summed E-state index contributed by atoms with van der Waals surface area (Å²) in [5.74, 6) is -0.309. The molecule has 0 aliphatic rings. The van der Waals surface area contributed by atoms with E-state index in [1.54, 1.807) is 25.3 Å². The Balaban J connectivity index is 2.05. The highest BCUT2D eigenvalue weighted by atomic mass is 16.2. The highest BCUT2D eigenvalue weighted by molar-refractivity contribution is 6.04. The second-order valence-electron chi connectivity index (χ2n) is 6.14. The maximum absolute atomic E-state index is 12.7. The molecule has 3 rings (SSSR count). The van der Waals surface area contributed by atoms with Crippen molar-refractivity contribution < 1.29 is 4.79 Å². The van der Waals surface area contributed by atoms with Crippen LogP contribution in [0.25, 0.3) is 5.65 Å². The monoisotopic (exact) mass is 321 g/mol. The zero-order valence-electron chi connectivity index (χ0n) is 14.2. The van der Waals surface area contributed by atoms with Crippen molar-refractivity contribution in [3.63, 3.8) is 0 Å². The molecule has 0 unspecified atom stereocenters. The standard InChI is InChI=1S/C19H19N3O2/c1-11-5-6-22-16(10-11)20-14(4)17(19(22)24)21-18(23)15-8-12(2)7-13(3)9-15/h5-10H,1-4H3,(H,21,23). The number of anilines is 1. The number of nitrogens with one attached hydrogen (secondary N) is 1. The Morgan fingerprint density at radius 2 is 1.67 bits per heavy atom. The summed E-state index contributed by atoms with van der Waals surface area (Å²) in [6.07, 6.45) is 1.67. The van der Waals surface area contributed by atoms with Gasteiger partial charge in [-0.25, -0.2) is 4.98 Å². The second kappa shape index (κ2) is 5.92. The van der Waals surface area contributed by atoms with Crippen molar-refractivity contribution in [1.29, 1.82) is 0 Å². The predicted molar refractivity (Wildman–Crippen MR) is 94.8 cm³/mol. The Labute approximate surface area is 140 Å². The Morgan fingerprint density at radius 1 is 1.00 bits per heavy atom. The maximum Gasteiger partial charge on any atom is 0.281 e. The van der Waals surface area contributed by atoms with Gasteiger partial charge in [0.25, 0.3) is 11.5 Å². The van der Waals surface area contributed by atoms with Crippen LogP contribution in [0.1, 0.15) is 32.7 Å². The van der Waals surface area contributed by atoms with E-state index >= 15 is 0 Å². The number of benzene rings is 1. The van der Waals surface area contributed by atoms with Gasteiger partial charge in [0.1, 0.15) is 11.3 Å². The molecule has 3 aromatic rings. The van der Waals surface area contributed by atoms with Crippen LogP contribution >= 0.6 is 0 Å². The molecule has 0 spiro atoms. The minimum atomic E-state index is -0.309. The molecule has 0 atom stereocenters. The number of rotatable bonds is 2. The molecule has 0 radical (unpaired) electrons. The maximum atomic E-state index is 12.7. The topological polar surface area (TPSA) is 63.5 Å². The summed E-state index contributed by atoms with van der Waals surface area (Å²) in [6, 6.07) is 9.27. The van der Waals surface area contributed by atoms with Crippen LogP contribution in [0.15, 0.2) is 41.3 Å². The van der Waals surface area contributed by atoms with E-state index in [0.717, 1.165) is 16.7 Å². The summed E-state index contributed by atoms with van der Waals surface area (Å²) >= 11 is 0. The number of hydrogen-bond acceptors (Lipinski definition) is 3. The van der Waals surface area contributed by atoms with Gasteiger partial charge < -0.3 is 5.32 Å². The number of carbonyl (C=O) groups is 1. The first kappa shape index (κ1) is 15.9. The zero-order valence-corrected chi connectivity index (χ0v) is 14.2. The Morgan fingerprint density at radius 3 is 2.33 bits per heavy atom. The van der Waals surface area contributed by atoms with Crippen LogP contribution in [0.3, 0.4) is 0 Å². The first-order valence-electron chi connectivity index (χ1n) is 7.74. The van der Waals surface area contributed by atoms with E-state index in [-0.39, 0.29) is 17.2 Å². The zero-order chi connectivity index (χ0) is 17.4. The summed E-state index contributed by atoms with van der Waals surface area (Å²) in [6.45, 7) is 7.53. The molecule has 5 heteroatoms. The molecule has 0 bridgehead atoms. The van der Waals surface area contributed by atoms with E-state index in [0.29, 0.717) is 16.9 Å². The van der Waals surface area contributed by atoms with Crippen molar-refractivity contribution in [1.82, 2.24) is 9.38 Å². The van der Waals surface area contributed by atoms with Crippen LogP contribution in [-0.2, 0) is 0 Å². The van der Waals surface area contributed by atoms with Crippen LogP contribution in [0.2, 0.25) is 0 Å². The Bertz CT molecular complexity index is 999. The van der Waals surface area contributed by atoms with Crippen LogP contribution in [0.5, 0.6) is 0 Å². The molecule has 24 heavy (non-hydrogen) atoms. The number of carbonyl (C=O) groups excluding carboxylic acids is 1. The van der Waals surface area contributed by atoms with Crippen LogP contribution < -0.4 is 10.9 Å². The molecule has 0 aliphatic carbocycles. The molecule has 1 aromatic carbocycles. The number of amides is 1. The van der Waals surface area contributed by atoms with Gasteiger partial charge in [-0.2, -0.15) is 0 Å². The summed E-state index contributed by atoms with van der Waals surface area (Å²) in [5, 5.41) is 2.72. The molecule has 0 saturated heterocycles. The fourth-order valence-corrected chi connectivity index (χ4v) is 2.79. The lowest BCUT2D eigenvalue weighted by Gasteiger charge is -2.10. The second-order valence-corrected chi connectivity index (χ2v) is 6.14. The van der Waals surface area contributed by atoms with E-state index in [1.165, 1.54) is 4.40 Å². The lowest BCUT2D eigenvalue weighted by atomic mass is 10.1. The molecular formula is C19H19N3O2. The highest BCUT2D eigenvalue weighted by Crippen LogP contribution is 2.14. The van der Waals surface area contributed by atoms with Crippen molar-refractivity contribution in [3.8, 4) is 0 Å². The third kappa shape index (κ3) is 2.93. The molecule has 1 amide bonds. The molecule has 0 aliphatic heterocycles. The smallest absolute Gasteiger partial charge is 0.281 e. The van der Waals surface area contributed by atoms with Crippen molar-refractivity contribution >= 4 is 17.2 Å². The summed E-state index contributed by atoms with van der Waals surface area (Å²) < 4.78 is 1.44. The van der Waals surface area contributed by atoms with Gasteiger partial charge in [-0.3, -0.25) is 14.0 Å². The quantitative estimate of drug-likeness (QED) is 0.788. The van der Waals surface area contributed by atoms with E-state index in [9.17, 15) is 9.59 Å². The fourth-order valence-electron chi connectivity index (χ4n) is 2.79. The normalized spacial score (nSPS) is 10.8. The van der Waals surface area contributed by atoms with Crippen LogP contribution in [-0.4, -0.2) is 15.3 Å². The van der Waals surface area contributed by atoms with Gasteiger partial charge in [-0.05, 0) is 57.5 Å². The number of aryl methyl sites for hydroxylation is 4. The SMILES string of the molecule is Cc1cc(C)cc(C(=O)Nc2c(C)nc3cc(C)ccn3c2=O)c1. The van der Waals surface area contributed by atoms with Gasteiger partial charge in [0.05, 0.1) is 5.69 Å². The van der Waals surface area contributed by atoms with Gasteiger partial charge in [-0.1, -0.05) is 17.2 Å². The van der Waals surface area contributed by atoms with E-state index in [2.05, 4.69) is 10.3 Å². The van der Waals surface area contributed by atoms with Crippen molar-refractivity contribution in [2.24, 2.45) is 0 Å². The molecule has 2 aromatic heterocycles. The van der Waals surface area contributed by atoms with Crippen molar-refractivity contribution in [2.45, 2.75) is 27.7 Å². The third-order valence-corrected chi connectivity index (χ3v) is 3.89. The minimum absolute atomic E-state index is 0.209. The largest absolute Gasteiger partial charge is 0.316 e. The number of nitrogens with zero attached hydrogens (tertiary/aromatic N) is 2. The highest BCUT2D eigenvalue weighted by Gasteiger charge is 2.14. The Hall–Kier alpha value is -2.95. The van der Waals surface area contributed by atoms with Crippen molar-refractivity contribution in [2.75, 3.05) is 5.32 Å². The van der Waals surface area contributed by atoms with E-state index in [1.807, 2.05) is 39.0 Å². The Kier molecular flexibility index (Phi) is 3.93. The molecule has 1 N–H and O–H groups in total. The number of fused-ring (bicyclic) bond motifs is 1. The number of hydrogen-bond donors (Lipinski definition) is 1. The first-order valence-corrected chi connectivity index (χ1v) is 7.74. The first-order chi connectivity index (χ1) is 11.3. The van der Waals surface area contributed by atoms with Crippen LogP contribution in [0.4, 0.5) is 5.69 Å². The number of pyridine rings is 1. The number of aromatic nitrogens is 2. The lowest BCUT2D eigenvalue weighted by Crippen LogP contribution is -2.25.